The van der Waals surface area contributed by atoms with Crippen molar-refractivity contribution in [3.05, 3.63) is 138 Å². The van der Waals surface area contributed by atoms with Gasteiger partial charge >= 0.3 is 5.97 Å². The standard InChI is InChI=1S/C34H35N3O3/c1-26-31(35-33(40-26)30-13-7-4-8-14-30)19-22-36(24-28-11-5-3-6-12-28)25-29-17-15-27(16-18-29)23-32(34(38)39-2)37-20-9-10-21-37/h3-18,20-21,32H,19,22-25H2,1-2H3/t32-/m0/s1. The van der Waals surface area contributed by atoms with E-state index >= 15 is 0 Å². The molecule has 40 heavy (non-hydrogen) atoms. The molecule has 2 aromatic heterocycles. The highest BCUT2D eigenvalue weighted by atomic mass is 16.5. The van der Waals surface area contributed by atoms with Gasteiger partial charge in [0.25, 0.3) is 0 Å². The zero-order valence-corrected chi connectivity index (χ0v) is 23.1. The molecule has 3 aromatic carbocycles. The number of oxazole rings is 1. The van der Waals surface area contributed by atoms with E-state index in [1.807, 2.05) is 72.4 Å². The van der Waals surface area contributed by atoms with Gasteiger partial charge in [0.2, 0.25) is 5.89 Å². The van der Waals surface area contributed by atoms with E-state index in [-0.39, 0.29) is 12.0 Å². The van der Waals surface area contributed by atoms with Crippen molar-refractivity contribution in [3.63, 3.8) is 0 Å². The first-order chi connectivity index (χ1) is 19.6. The first kappa shape index (κ1) is 27.2. The smallest absolute Gasteiger partial charge is 0.329 e. The van der Waals surface area contributed by atoms with Gasteiger partial charge in [-0.3, -0.25) is 4.90 Å². The van der Waals surface area contributed by atoms with E-state index in [1.54, 1.807) is 0 Å². The number of nitrogens with zero attached hydrogens (tertiary/aromatic N) is 3. The summed E-state index contributed by atoms with van der Waals surface area (Å²) in [7, 11) is 1.44. The van der Waals surface area contributed by atoms with Crippen molar-refractivity contribution in [2.75, 3.05) is 13.7 Å². The maximum absolute atomic E-state index is 12.4. The third-order valence-corrected chi connectivity index (χ3v) is 7.15. The van der Waals surface area contributed by atoms with Crippen LogP contribution in [0.25, 0.3) is 11.5 Å². The first-order valence-electron chi connectivity index (χ1n) is 13.6. The second-order valence-corrected chi connectivity index (χ2v) is 10.0. The largest absolute Gasteiger partial charge is 0.467 e. The van der Waals surface area contributed by atoms with Crippen LogP contribution in [-0.4, -0.2) is 34.1 Å². The summed E-state index contributed by atoms with van der Waals surface area (Å²) in [6.07, 6.45) is 5.17. The number of rotatable bonds is 12. The Morgan fingerprint density at radius 2 is 1.45 bits per heavy atom. The van der Waals surface area contributed by atoms with Crippen LogP contribution >= 0.6 is 0 Å². The van der Waals surface area contributed by atoms with Gasteiger partial charge in [0.1, 0.15) is 11.8 Å². The normalized spacial score (nSPS) is 12.0. The topological polar surface area (TPSA) is 60.5 Å². The zero-order valence-electron chi connectivity index (χ0n) is 23.1. The lowest BCUT2D eigenvalue weighted by Crippen LogP contribution is -2.25. The summed E-state index contributed by atoms with van der Waals surface area (Å²) in [6, 6.07) is 32.6. The number of benzene rings is 3. The molecule has 0 fully saturated rings. The fraction of sp³-hybridized carbons (Fsp3) is 0.235. The third-order valence-electron chi connectivity index (χ3n) is 7.15. The van der Waals surface area contributed by atoms with Crippen LogP contribution in [0.2, 0.25) is 0 Å². The molecule has 0 N–H and O–H groups in total. The predicted octanol–water partition coefficient (Wildman–Crippen LogP) is 6.65. The van der Waals surface area contributed by atoms with Crippen LogP contribution in [0.1, 0.15) is 34.2 Å². The molecule has 0 saturated carbocycles. The Morgan fingerprint density at radius 3 is 2.10 bits per heavy atom. The van der Waals surface area contributed by atoms with Crippen LogP contribution in [0.4, 0.5) is 0 Å². The van der Waals surface area contributed by atoms with Gasteiger partial charge in [0, 0.05) is 50.4 Å². The Balaban J connectivity index is 1.28. The van der Waals surface area contributed by atoms with Crippen LogP contribution in [0.5, 0.6) is 0 Å². The summed E-state index contributed by atoms with van der Waals surface area (Å²) in [4.78, 5) is 19.7. The van der Waals surface area contributed by atoms with Gasteiger partial charge in [-0.2, -0.15) is 0 Å². The van der Waals surface area contributed by atoms with Crippen molar-refractivity contribution < 1.29 is 13.9 Å². The SMILES string of the molecule is COC(=O)[C@H](Cc1ccc(CN(CCc2nc(-c3ccccc3)oc2C)Cc2ccccc2)cc1)n1cccc1. The second kappa shape index (κ2) is 13.1. The van der Waals surface area contributed by atoms with E-state index in [0.29, 0.717) is 12.3 Å². The van der Waals surface area contributed by atoms with E-state index in [0.717, 1.165) is 48.6 Å². The van der Waals surface area contributed by atoms with Crippen LogP contribution in [0.3, 0.4) is 0 Å². The van der Waals surface area contributed by atoms with Crippen molar-refractivity contribution in [1.82, 2.24) is 14.5 Å². The highest BCUT2D eigenvalue weighted by Gasteiger charge is 2.21. The molecule has 0 saturated heterocycles. The third kappa shape index (κ3) is 6.96. The summed E-state index contributed by atoms with van der Waals surface area (Å²) in [5, 5.41) is 0. The van der Waals surface area contributed by atoms with Crippen molar-refractivity contribution in [1.29, 1.82) is 0 Å². The van der Waals surface area contributed by atoms with E-state index in [2.05, 4.69) is 53.4 Å². The molecule has 1 atom stereocenters. The fourth-order valence-corrected chi connectivity index (χ4v) is 4.95. The van der Waals surface area contributed by atoms with Gasteiger partial charge in [0.15, 0.2) is 0 Å². The van der Waals surface area contributed by atoms with E-state index < -0.39 is 0 Å². The number of hydrogen-bond acceptors (Lipinski definition) is 5. The number of esters is 1. The molecule has 0 bridgehead atoms. The van der Waals surface area contributed by atoms with E-state index in [9.17, 15) is 4.79 Å². The fourth-order valence-electron chi connectivity index (χ4n) is 4.95. The maximum atomic E-state index is 12.4. The number of hydrogen-bond donors (Lipinski definition) is 0. The summed E-state index contributed by atoms with van der Waals surface area (Å²) >= 11 is 0. The summed E-state index contributed by atoms with van der Waals surface area (Å²) in [5.41, 5.74) is 5.57. The van der Waals surface area contributed by atoms with Gasteiger partial charge in [0.05, 0.1) is 12.8 Å². The molecule has 0 unspecified atom stereocenters. The van der Waals surface area contributed by atoms with Gasteiger partial charge in [-0.25, -0.2) is 9.78 Å². The molecule has 5 rings (SSSR count). The Labute approximate surface area is 235 Å². The van der Waals surface area contributed by atoms with Crippen LogP contribution in [-0.2, 0) is 35.5 Å². The molecule has 0 aliphatic heterocycles. The van der Waals surface area contributed by atoms with Gasteiger partial charge in [-0.1, -0.05) is 72.8 Å². The van der Waals surface area contributed by atoms with Gasteiger partial charge in [-0.15, -0.1) is 0 Å². The minimum Gasteiger partial charge on any atom is -0.467 e. The number of ether oxygens (including phenoxy) is 1. The van der Waals surface area contributed by atoms with Crippen molar-refractivity contribution in [3.8, 4) is 11.5 Å². The molecule has 0 spiro atoms. The molecule has 0 radical (unpaired) electrons. The Morgan fingerprint density at radius 1 is 0.850 bits per heavy atom. The van der Waals surface area contributed by atoms with E-state index in [1.165, 1.54) is 18.2 Å². The Kier molecular flexibility index (Phi) is 8.89. The molecule has 0 aliphatic rings. The molecule has 2 heterocycles. The van der Waals surface area contributed by atoms with Crippen LogP contribution in [0, 0.1) is 6.92 Å². The highest BCUT2D eigenvalue weighted by molar-refractivity contribution is 5.74. The van der Waals surface area contributed by atoms with Crippen molar-refractivity contribution >= 4 is 5.97 Å². The highest BCUT2D eigenvalue weighted by Crippen LogP contribution is 2.23. The van der Waals surface area contributed by atoms with E-state index in [4.69, 9.17) is 14.1 Å². The number of aryl methyl sites for hydroxylation is 1. The second-order valence-electron chi connectivity index (χ2n) is 10.0. The molecule has 6 heteroatoms. The average Bonchev–Trinajstić information content (AvgIpc) is 3.66. The molecule has 204 valence electrons. The quantitative estimate of drug-likeness (QED) is 0.168. The number of aromatic nitrogens is 2. The average molecular weight is 534 g/mol. The van der Waals surface area contributed by atoms with Crippen LogP contribution < -0.4 is 0 Å². The monoisotopic (exact) mass is 533 g/mol. The Bertz CT molecular complexity index is 1480. The predicted molar refractivity (Wildman–Crippen MR) is 157 cm³/mol. The zero-order chi connectivity index (χ0) is 27.7. The van der Waals surface area contributed by atoms with Crippen molar-refractivity contribution in [2.24, 2.45) is 0 Å². The molecule has 0 amide bonds. The molecule has 6 nitrogen and oxygen atoms in total. The van der Waals surface area contributed by atoms with Gasteiger partial charge in [-0.05, 0) is 47.9 Å². The minimum atomic E-state index is -0.382. The molecular weight excluding hydrogens is 498 g/mol. The lowest BCUT2D eigenvalue weighted by Gasteiger charge is -2.23. The lowest BCUT2D eigenvalue weighted by atomic mass is 10.0. The molecular formula is C34H35N3O3. The lowest BCUT2D eigenvalue weighted by molar-refractivity contribution is -0.144. The number of carbonyl (C=O) groups excluding carboxylic acids is 1. The number of carbonyl (C=O) groups is 1. The Hall–Kier alpha value is -4.42. The maximum Gasteiger partial charge on any atom is 0.329 e. The summed E-state index contributed by atoms with van der Waals surface area (Å²) < 4.78 is 13.0. The molecule has 0 aliphatic carbocycles. The van der Waals surface area contributed by atoms with Crippen molar-refractivity contribution in [2.45, 2.75) is 38.9 Å². The minimum absolute atomic E-state index is 0.243. The first-order valence-corrected chi connectivity index (χ1v) is 13.6. The van der Waals surface area contributed by atoms with Gasteiger partial charge < -0.3 is 13.7 Å². The van der Waals surface area contributed by atoms with Crippen LogP contribution in [0.15, 0.2) is 114 Å². The summed E-state index contributed by atoms with van der Waals surface area (Å²) in [5.74, 6) is 1.29. The summed E-state index contributed by atoms with van der Waals surface area (Å²) in [6.45, 7) is 4.47. The molecule has 5 aromatic rings. The number of methoxy groups -OCH3 is 1.